The summed E-state index contributed by atoms with van der Waals surface area (Å²) in [6, 6.07) is 15.3. The first-order valence-corrected chi connectivity index (χ1v) is 9.81. The normalized spacial score (nSPS) is 22.5. The van der Waals surface area contributed by atoms with E-state index < -0.39 is 0 Å². The molecule has 0 spiro atoms. The predicted molar refractivity (Wildman–Crippen MR) is 110 cm³/mol. The molecule has 2 heterocycles. The first-order valence-electron chi connectivity index (χ1n) is 9.06. The summed E-state index contributed by atoms with van der Waals surface area (Å²) in [7, 11) is 1.97. The lowest BCUT2D eigenvalue weighted by Crippen LogP contribution is -2.41. The SMILES string of the molecule is CN1O[C@@H](COc2ccc(Cl)cc2)C[C@@]1(Cn1ccnc1)c1ccc(Cl)cc1. The van der Waals surface area contributed by atoms with Crippen LogP contribution in [0.1, 0.15) is 12.0 Å². The van der Waals surface area contributed by atoms with Crippen molar-refractivity contribution >= 4 is 23.2 Å². The Morgan fingerprint density at radius 1 is 1.11 bits per heavy atom. The van der Waals surface area contributed by atoms with Gasteiger partial charge in [0.25, 0.3) is 0 Å². The Labute approximate surface area is 174 Å². The van der Waals surface area contributed by atoms with Gasteiger partial charge in [0.05, 0.1) is 11.9 Å². The highest BCUT2D eigenvalue weighted by molar-refractivity contribution is 6.30. The van der Waals surface area contributed by atoms with Gasteiger partial charge in [-0.1, -0.05) is 35.3 Å². The molecule has 0 N–H and O–H groups in total. The van der Waals surface area contributed by atoms with Crippen molar-refractivity contribution in [2.75, 3.05) is 13.7 Å². The molecule has 0 unspecified atom stereocenters. The van der Waals surface area contributed by atoms with Crippen LogP contribution in [0.25, 0.3) is 0 Å². The summed E-state index contributed by atoms with van der Waals surface area (Å²) < 4.78 is 7.99. The lowest BCUT2D eigenvalue weighted by molar-refractivity contribution is -0.179. The van der Waals surface area contributed by atoms with Crippen molar-refractivity contribution in [2.45, 2.75) is 24.6 Å². The second kappa shape index (κ2) is 8.13. The monoisotopic (exact) mass is 417 g/mol. The molecule has 1 aliphatic heterocycles. The van der Waals surface area contributed by atoms with Crippen molar-refractivity contribution in [1.82, 2.24) is 14.6 Å². The molecule has 5 nitrogen and oxygen atoms in total. The number of hydrogen-bond acceptors (Lipinski definition) is 4. The number of halogens is 2. The topological polar surface area (TPSA) is 39.5 Å². The summed E-state index contributed by atoms with van der Waals surface area (Å²) in [5, 5.41) is 3.34. The molecule has 0 bridgehead atoms. The molecule has 4 rings (SSSR count). The van der Waals surface area contributed by atoms with Crippen molar-refractivity contribution in [3.63, 3.8) is 0 Å². The Morgan fingerprint density at radius 3 is 2.43 bits per heavy atom. The van der Waals surface area contributed by atoms with E-state index in [9.17, 15) is 0 Å². The average molecular weight is 418 g/mol. The van der Waals surface area contributed by atoms with Crippen LogP contribution in [0.4, 0.5) is 0 Å². The number of aromatic nitrogens is 2. The summed E-state index contributed by atoms with van der Waals surface area (Å²) in [6.07, 6.45) is 6.26. The van der Waals surface area contributed by atoms with Gasteiger partial charge in [-0.3, -0.25) is 4.84 Å². The molecular formula is C21H21Cl2N3O2. The van der Waals surface area contributed by atoms with Gasteiger partial charge < -0.3 is 9.30 Å². The quantitative estimate of drug-likeness (QED) is 0.577. The molecule has 2 atom stereocenters. The van der Waals surface area contributed by atoms with E-state index in [4.69, 9.17) is 32.8 Å². The third-order valence-electron chi connectivity index (χ3n) is 5.11. The molecular weight excluding hydrogens is 397 g/mol. The van der Waals surface area contributed by atoms with Crippen molar-refractivity contribution in [2.24, 2.45) is 0 Å². The van der Waals surface area contributed by atoms with Crippen molar-refractivity contribution in [3.05, 3.63) is 82.9 Å². The second-order valence-electron chi connectivity index (χ2n) is 6.97. The summed E-state index contributed by atoms with van der Waals surface area (Å²) in [6.45, 7) is 1.16. The lowest BCUT2D eigenvalue weighted by atomic mass is 9.85. The van der Waals surface area contributed by atoms with Crippen LogP contribution in [0.2, 0.25) is 10.0 Å². The Bertz CT molecular complexity index is 900. The summed E-state index contributed by atoms with van der Waals surface area (Å²) in [5.74, 6) is 0.772. The van der Waals surface area contributed by atoms with Crippen LogP contribution in [0.3, 0.4) is 0 Å². The van der Waals surface area contributed by atoms with Crippen LogP contribution in [0, 0.1) is 0 Å². The zero-order valence-corrected chi connectivity index (χ0v) is 17.0. The number of hydroxylamine groups is 2. The third kappa shape index (κ3) is 4.03. The Kier molecular flexibility index (Phi) is 5.60. The minimum absolute atomic E-state index is 0.0834. The number of benzene rings is 2. The number of rotatable bonds is 6. The molecule has 1 aliphatic rings. The maximum absolute atomic E-state index is 6.17. The minimum atomic E-state index is -0.348. The maximum Gasteiger partial charge on any atom is 0.119 e. The molecule has 3 aromatic rings. The number of likely N-dealkylation sites (N-methyl/N-ethyl adjacent to an activating group) is 1. The molecule has 0 aliphatic carbocycles. The Hall–Kier alpha value is -2.05. The van der Waals surface area contributed by atoms with Gasteiger partial charge in [0.2, 0.25) is 0 Å². The predicted octanol–water partition coefficient (Wildman–Crippen LogP) is 4.80. The van der Waals surface area contributed by atoms with Crippen LogP contribution in [-0.4, -0.2) is 34.4 Å². The first kappa shape index (κ1) is 19.3. The van der Waals surface area contributed by atoms with E-state index in [-0.39, 0.29) is 11.6 Å². The fourth-order valence-electron chi connectivity index (χ4n) is 3.67. The largest absolute Gasteiger partial charge is 0.491 e. The molecule has 0 amide bonds. The average Bonchev–Trinajstić information content (AvgIpc) is 3.31. The number of hydrogen-bond donors (Lipinski definition) is 0. The highest BCUT2D eigenvalue weighted by Gasteiger charge is 2.47. The van der Waals surface area contributed by atoms with E-state index >= 15 is 0 Å². The molecule has 146 valence electrons. The van der Waals surface area contributed by atoms with Gasteiger partial charge in [0.1, 0.15) is 18.5 Å². The van der Waals surface area contributed by atoms with E-state index in [0.29, 0.717) is 23.2 Å². The minimum Gasteiger partial charge on any atom is -0.491 e. The van der Waals surface area contributed by atoms with Crippen LogP contribution in [-0.2, 0) is 16.9 Å². The lowest BCUT2D eigenvalue weighted by Gasteiger charge is -2.34. The molecule has 1 saturated heterocycles. The fourth-order valence-corrected chi connectivity index (χ4v) is 3.93. The highest BCUT2D eigenvalue weighted by Crippen LogP contribution is 2.41. The standard InChI is InChI=1S/C21H21Cl2N3O2/c1-25-21(14-26-11-10-24-15-26,16-2-4-17(22)5-3-16)12-20(28-25)13-27-19-8-6-18(23)7-9-19/h2-11,15,20H,12-14H2,1H3/t20-,21-/m1/s1. The molecule has 28 heavy (non-hydrogen) atoms. The van der Waals surface area contributed by atoms with E-state index in [1.54, 1.807) is 6.20 Å². The van der Waals surface area contributed by atoms with Crippen molar-refractivity contribution in [1.29, 1.82) is 0 Å². The van der Waals surface area contributed by atoms with Crippen LogP contribution >= 0.6 is 23.2 Å². The van der Waals surface area contributed by atoms with Gasteiger partial charge in [-0.2, -0.15) is 5.06 Å². The molecule has 7 heteroatoms. The first-order chi connectivity index (χ1) is 13.5. The van der Waals surface area contributed by atoms with Crippen LogP contribution in [0.15, 0.2) is 67.3 Å². The van der Waals surface area contributed by atoms with Crippen LogP contribution < -0.4 is 4.74 Å². The van der Waals surface area contributed by atoms with E-state index in [2.05, 4.69) is 21.7 Å². The van der Waals surface area contributed by atoms with Gasteiger partial charge in [0.15, 0.2) is 0 Å². The smallest absolute Gasteiger partial charge is 0.119 e. The van der Waals surface area contributed by atoms with Gasteiger partial charge in [-0.05, 0) is 42.0 Å². The number of imidazole rings is 1. The zero-order chi connectivity index (χ0) is 19.6. The fraction of sp³-hybridized carbons (Fsp3) is 0.286. The summed E-state index contributed by atoms with van der Waals surface area (Å²) >= 11 is 12.0. The zero-order valence-electron chi connectivity index (χ0n) is 15.5. The third-order valence-corrected chi connectivity index (χ3v) is 5.61. The molecule has 0 radical (unpaired) electrons. The van der Waals surface area contributed by atoms with Crippen molar-refractivity contribution in [3.8, 4) is 5.75 Å². The maximum atomic E-state index is 6.17. The molecule has 1 aromatic heterocycles. The van der Waals surface area contributed by atoms with E-state index in [0.717, 1.165) is 17.7 Å². The van der Waals surface area contributed by atoms with Gasteiger partial charge >= 0.3 is 0 Å². The summed E-state index contributed by atoms with van der Waals surface area (Å²) in [4.78, 5) is 10.3. The van der Waals surface area contributed by atoms with Gasteiger partial charge in [-0.15, -0.1) is 0 Å². The van der Waals surface area contributed by atoms with E-state index in [1.807, 2.05) is 61.0 Å². The second-order valence-corrected chi connectivity index (χ2v) is 7.84. The van der Waals surface area contributed by atoms with Crippen LogP contribution in [0.5, 0.6) is 5.75 Å². The summed E-state index contributed by atoms with van der Waals surface area (Å²) in [5.41, 5.74) is 0.793. The Morgan fingerprint density at radius 2 is 1.79 bits per heavy atom. The highest BCUT2D eigenvalue weighted by atomic mass is 35.5. The van der Waals surface area contributed by atoms with Gasteiger partial charge in [-0.25, -0.2) is 4.98 Å². The number of nitrogens with zero attached hydrogens (tertiary/aromatic N) is 3. The molecule has 2 aromatic carbocycles. The molecule has 0 saturated carbocycles. The number of ether oxygens (including phenoxy) is 1. The van der Waals surface area contributed by atoms with E-state index in [1.165, 1.54) is 0 Å². The van der Waals surface area contributed by atoms with Crippen molar-refractivity contribution < 1.29 is 9.57 Å². The molecule has 1 fully saturated rings. The Balaban J connectivity index is 1.55. The van der Waals surface area contributed by atoms with Gasteiger partial charge in [0, 0.05) is 42.5 Å².